The predicted octanol–water partition coefficient (Wildman–Crippen LogP) is 12.6. The summed E-state index contributed by atoms with van der Waals surface area (Å²) in [4.78, 5) is 0. The molecule has 2 heteroatoms. The van der Waals surface area contributed by atoms with Crippen LogP contribution in [-0.2, 0) is 28.8 Å². The van der Waals surface area contributed by atoms with Crippen LogP contribution in [0.3, 0.4) is 0 Å². The van der Waals surface area contributed by atoms with Crippen LogP contribution in [0.4, 0.5) is 0 Å². The summed E-state index contributed by atoms with van der Waals surface area (Å²) in [7, 11) is 0. The topological polar surface area (TPSA) is 0 Å². The maximum atomic E-state index is 3.06. The van der Waals surface area contributed by atoms with E-state index in [2.05, 4.69) is 166 Å². The second kappa shape index (κ2) is 16.2. The Morgan fingerprint density at radius 3 is 1.89 bits per heavy atom. The molecule has 6 rings (SSSR count). The van der Waals surface area contributed by atoms with Crippen molar-refractivity contribution in [3.8, 4) is 22.3 Å². The molecule has 0 amide bonds. The summed E-state index contributed by atoms with van der Waals surface area (Å²) >= 11 is 1.36. The standard InChI is InChI=1S/C21H23.C20H21.2CH3.Si.Zr/c1-14-12-19-15(2)6-11-18(20(19)13-14)16-7-9-17(10-8-16)21(3,4)5;1-13(2)17-11-16-8-6-10-19(20(16)12-17)18-9-5-7-14(3)15(18)4;;;;/h6-13H,1-5H3;5-13H,1-4H3;2*1H3;;/q4*-1;;. The van der Waals surface area contributed by atoms with Crippen molar-refractivity contribution in [2.24, 2.45) is 0 Å². The van der Waals surface area contributed by atoms with Crippen LogP contribution in [0.15, 0.2) is 97.1 Å². The van der Waals surface area contributed by atoms with Gasteiger partial charge in [0.05, 0.1) is 0 Å². The third-order valence-electron chi connectivity index (χ3n) is 8.65. The van der Waals surface area contributed by atoms with Crippen LogP contribution >= 0.6 is 0 Å². The Bertz CT molecular complexity index is 1840. The second-order valence-corrected chi connectivity index (χ2v) is 13.1. The van der Waals surface area contributed by atoms with Gasteiger partial charge >= 0.3 is 30.2 Å². The zero-order valence-corrected chi connectivity index (χ0v) is 32.8. The molecule has 6 aromatic carbocycles. The Hall–Kier alpha value is -2.80. The number of hydrogen-bond acceptors (Lipinski definition) is 0. The van der Waals surface area contributed by atoms with E-state index >= 15 is 0 Å². The molecule has 0 fully saturated rings. The molecule has 0 N–H and O–H groups in total. The van der Waals surface area contributed by atoms with Crippen molar-refractivity contribution in [2.75, 3.05) is 0 Å². The number of fused-ring (bicyclic) bond motifs is 2. The zero-order valence-electron chi connectivity index (χ0n) is 29.3. The first kappa shape index (κ1) is 38.4. The minimum atomic E-state index is 0. The molecule has 0 aromatic heterocycles. The van der Waals surface area contributed by atoms with Gasteiger partial charge in [0, 0.05) is 0 Å². The Morgan fingerprint density at radius 2 is 1.27 bits per heavy atom. The molecule has 2 radical (unpaired) electrons. The zero-order chi connectivity index (χ0) is 31.5. The van der Waals surface area contributed by atoms with Crippen molar-refractivity contribution in [3.63, 3.8) is 0 Å². The van der Waals surface area contributed by atoms with Gasteiger partial charge in [-0.3, -0.25) is 0 Å². The van der Waals surface area contributed by atoms with Crippen LogP contribution in [0.2, 0.25) is 0 Å². The van der Waals surface area contributed by atoms with Crippen LogP contribution in [0.25, 0.3) is 43.8 Å². The average Bonchev–Trinajstić information content (AvgIpc) is 3.60. The molecule has 0 bridgehead atoms. The quantitative estimate of drug-likeness (QED) is 0.128. The third-order valence-corrected chi connectivity index (χ3v) is 8.65. The first-order valence-corrected chi connectivity index (χ1v) is 19.4. The molecule has 234 valence electrons. The Balaban J connectivity index is 0.000000285. The Morgan fingerprint density at radius 1 is 0.644 bits per heavy atom. The van der Waals surface area contributed by atoms with Crippen molar-refractivity contribution in [1.82, 2.24) is 0 Å². The summed E-state index contributed by atoms with van der Waals surface area (Å²) in [5.41, 5.74) is 13.8. The van der Waals surface area contributed by atoms with Gasteiger partial charge in [0.25, 0.3) is 0 Å². The summed E-state index contributed by atoms with van der Waals surface area (Å²) in [6, 6.07) is 36.0. The molecule has 0 aliphatic carbocycles. The van der Waals surface area contributed by atoms with Crippen molar-refractivity contribution < 1.29 is 23.3 Å². The normalized spacial score (nSPS) is 10.8. The first-order chi connectivity index (χ1) is 20.4. The average molecular weight is 686 g/mol. The minimum absolute atomic E-state index is 0. The molecule has 0 aliphatic rings. The molecular formula is C43H50SiZr-4. The van der Waals surface area contributed by atoms with Gasteiger partial charge < -0.3 is 14.9 Å². The number of hydrogen-bond donors (Lipinski definition) is 0. The van der Waals surface area contributed by atoms with E-state index in [0.29, 0.717) is 5.92 Å². The van der Waals surface area contributed by atoms with E-state index < -0.39 is 0 Å². The number of rotatable bonds is 3. The van der Waals surface area contributed by atoms with Gasteiger partial charge in [0.2, 0.25) is 0 Å². The molecule has 0 aliphatic heterocycles. The van der Waals surface area contributed by atoms with E-state index in [1.54, 1.807) is 0 Å². The van der Waals surface area contributed by atoms with E-state index in [1.165, 1.54) is 101 Å². The SMILES string of the molecule is Cc1cc2c(-c3ccc(C(C)(C)C)cc3)ccc(C)c2[cH-]1.Cc1cccc(-c2cccc3[cH-]c(C(C)C)cc23)c1C.[CH3-].[CH3-].[Si]=[Zr]. The van der Waals surface area contributed by atoms with Crippen molar-refractivity contribution in [1.29, 1.82) is 0 Å². The fraction of sp³-hybridized carbons (Fsp3) is 0.256. The van der Waals surface area contributed by atoms with Crippen LogP contribution in [0, 0.1) is 42.5 Å². The molecule has 0 atom stereocenters. The van der Waals surface area contributed by atoms with E-state index in [9.17, 15) is 0 Å². The van der Waals surface area contributed by atoms with Crippen molar-refractivity contribution >= 4 is 28.4 Å². The van der Waals surface area contributed by atoms with Gasteiger partial charge in [-0.25, -0.2) is 0 Å². The van der Waals surface area contributed by atoms with E-state index in [-0.39, 0.29) is 20.3 Å². The van der Waals surface area contributed by atoms with Gasteiger partial charge in [-0.1, -0.05) is 114 Å². The molecule has 0 unspecified atom stereocenters. The molecule has 0 nitrogen and oxygen atoms in total. The van der Waals surface area contributed by atoms with E-state index in [4.69, 9.17) is 0 Å². The summed E-state index contributed by atoms with van der Waals surface area (Å²) in [5.74, 6) is 0.578. The van der Waals surface area contributed by atoms with Gasteiger partial charge in [-0.15, -0.1) is 68.6 Å². The molecule has 0 heterocycles. The summed E-state index contributed by atoms with van der Waals surface area (Å²) in [6.07, 6.45) is 0. The summed E-state index contributed by atoms with van der Waals surface area (Å²) in [6.45, 7) is 23.1. The van der Waals surface area contributed by atoms with Crippen LogP contribution in [0.1, 0.15) is 73.9 Å². The molecular weight excluding hydrogens is 636 g/mol. The van der Waals surface area contributed by atoms with E-state index in [1.807, 2.05) is 0 Å². The molecule has 45 heavy (non-hydrogen) atoms. The van der Waals surface area contributed by atoms with Gasteiger partial charge in [-0.2, -0.15) is 12.1 Å². The Kier molecular flexibility index (Phi) is 13.8. The Labute approximate surface area is 291 Å². The van der Waals surface area contributed by atoms with Crippen LogP contribution in [-0.4, -0.2) is 6.88 Å². The molecule has 6 aromatic rings. The van der Waals surface area contributed by atoms with Crippen LogP contribution in [0.5, 0.6) is 0 Å². The molecule has 0 saturated heterocycles. The van der Waals surface area contributed by atoms with Gasteiger partial charge in [-0.05, 0) is 53.0 Å². The molecule has 0 spiro atoms. The van der Waals surface area contributed by atoms with Crippen LogP contribution < -0.4 is 0 Å². The van der Waals surface area contributed by atoms with Gasteiger partial charge in [0.15, 0.2) is 0 Å². The monoisotopic (exact) mass is 684 g/mol. The number of benzene rings is 4. The summed E-state index contributed by atoms with van der Waals surface area (Å²) in [5, 5.41) is 5.48. The second-order valence-electron chi connectivity index (χ2n) is 13.1. The van der Waals surface area contributed by atoms with Crippen molar-refractivity contribution in [2.45, 2.75) is 73.6 Å². The predicted molar refractivity (Wildman–Crippen MR) is 200 cm³/mol. The van der Waals surface area contributed by atoms with Gasteiger partial charge in [0.1, 0.15) is 0 Å². The van der Waals surface area contributed by atoms with Crippen molar-refractivity contribution in [3.05, 3.63) is 145 Å². The maximum absolute atomic E-state index is 3.06. The molecule has 0 saturated carbocycles. The fourth-order valence-corrected chi connectivity index (χ4v) is 5.86. The summed E-state index contributed by atoms with van der Waals surface area (Å²) < 4.78 is 0. The van der Waals surface area contributed by atoms with E-state index in [0.717, 1.165) is 0 Å². The fourth-order valence-electron chi connectivity index (χ4n) is 5.86. The number of aryl methyl sites for hydroxylation is 3. The third kappa shape index (κ3) is 8.52. The first-order valence-electron chi connectivity index (χ1n) is 15.2.